The first kappa shape index (κ1) is 23.9. The summed E-state index contributed by atoms with van der Waals surface area (Å²) in [5.41, 5.74) is 4.93. The van der Waals surface area contributed by atoms with Gasteiger partial charge in [0, 0.05) is 36.6 Å². The van der Waals surface area contributed by atoms with E-state index in [1.807, 2.05) is 40.9 Å². The van der Waals surface area contributed by atoms with Crippen LogP contribution in [0.1, 0.15) is 42.3 Å². The predicted octanol–water partition coefficient (Wildman–Crippen LogP) is 5.41. The Balaban J connectivity index is 1.31. The third kappa shape index (κ3) is 5.57. The van der Waals surface area contributed by atoms with Gasteiger partial charge in [-0.15, -0.1) is 10.2 Å². The highest BCUT2D eigenvalue weighted by atomic mass is 16.5. The van der Waals surface area contributed by atoms with Gasteiger partial charge in [-0.3, -0.25) is 9.38 Å². The van der Waals surface area contributed by atoms with E-state index in [-0.39, 0.29) is 5.92 Å². The van der Waals surface area contributed by atoms with E-state index in [1.165, 1.54) is 11.8 Å². The fourth-order valence-corrected chi connectivity index (χ4v) is 4.02. The van der Waals surface area contributed by atoms with Crippen LogP contribution in [0, 0.1) is 11.3 Å². The molecule has 0 aliphatic rings. The predicted molar refractivity (Wildman–Crippen MR) is 142 cm³/mol. The zero-order valence-corrected chi connectivity index (χ0v) is 20.8. The van der Waals surface area contributed by atoms with Crippen LogP contribution in [0.2, 0.25) is 0 Å². The molecule has 37 heavy (non-hydrogen) atoms. The highest BCUT2D eigenvalue weighted by Gasteiger charge is 2.16. The molecular weight excluding hydrogens is 462 g/mol. The second-order valence-corrected chi connectivity index (χ2v) is 9.05. The number of ether oxygens (including phenoxy) is 1. The number of nitrogens with one attached hydrogen (secondary N) is 1. The lowest BCUT2D eigenvalue weighted by atomic mass is 10.1. The van der Waals surface area contributed by atoms with Crippen molar-refractivity contribution in [3.63, 3.8) is 0 Å². The van der Waals surface area contributed by atoms with Gasteiger partial charge in [0.15, 0.2) is 5.82 Å². The number of anilines is 1. The minimum Gasteiger partial charge on any atom is -0.489 e. The van der Waals surface area contributed by atoms with Crippen molar-refractivity contribution in [1.82, 2.24) is 24.6 Å². The Morgan fingerprint density at radius 3 is 2.57 bits per heavy atom. The molecule has 0 amide bonds. The van der Waals surface area contributed by atoms with Crippen LogP contribution >= 0.6 is 0 Å². The van der Waals surface area contributed by atoms with Gasteiger partial charge in [-0.05, 0) is 35.7 Å². The van der Waals surface area contributed by atoms with Crippen molar-refractivity contribution in [3.05, 3.63) is 102 Å². The summed E-state index contributed by atoms with van der Waals surface area (Å²) in [6, 6.07) is 22.2. The Hall–Kier alpha value is -4.77. The number of hydrogen-bond acceptors (Lipinski definition) is 7. The summed E-state index contributed by atoms with van der Waals surface area (Å²) in [6.45, 7) is 5.36. The standard InChI is InChI=1S/C29H27N7O/c1-20(2)28-34-35-29-27(33-26(18-36(28)29)24-14-23(15-30)16-31-17-24)32-13-12-21-8-10-25(11-9-21)37-19-22-6-4-3-5-7-22/h3-11,14,16-18,20H,12-13,19H2,1-2H3,(H,32,33). The van der Waals surface area contributed by atoms with Gasteiger partial charge in [0.25, 0.3) is 0 Å². The number of hydrogen-bond donors (Lipinski definition) is 1. The number of nitrogens with zero attached hydrogens (tertiary/aromatic N) is 6. The third-order valence-electron chi connectivity index (χ3n) is 5.97. The second-order valence-electron chi connectivity index (χ2n) is 9.05. The lowest BCUT2D eigenvalue weighted by molar-refractivity contribution is 0.306. The van der Waals surface area contributed by atoms with Gasteiger partial charge in [0.05, 0.1) is 11.3 Å². The van der Waals surface area contributed by atoms with Crippen molar-refractivity contribution in [2.24, 2.45) is 0 Å². The first-order chi connectivity index (χ1) is 18.1. The second kappa shape index (κ2) is 10.9. The minimum atomic E-state index is 0.185. The van der Waals surface area contributed by atoms with E-state index >= 15 is 0 Å². The molecular formula is C29H27N7O. The van der Waals surface area contributed by atoms with Crippen LogP contribution in [0.5, 0.6) is 5.75 Å². The molecule has 1 N–H and O–H groups in total. The average molecular weight is 490 g/mol. The maximum absolute atomic E-state index is 9.29. The van der Waals surface area contributed by atoms with Gasteiger partial charge >= 0.3 is 0 Å². The average Bonchev–Trinajstić information content (AvgIpc) is 3.38. The van der Waals surface area contributed by atoms with E-state index < -0.39 is 0 Å². The SMILES string of the molecule is CC(C)c1nnc2c(NCCc3ccc(OCc4ccccc4)cc3)nc(-c3cncc(C#N)c3)cn12. The molecule has 0 aliphatic carbocycles. The fourth-order valence-electron chi connectivity index (χ4n) is 4.02. The molecule has 0 atom stereocenters. The Bertz CT molecular complexity index is 1540. The quantitative estimate of drug-likeness (QED) is 0.295. The van der Waals surface area contributed by atoms with Crippen molar-refractivity contribution in [3.8, 4) is 23.1 Å². The van der Waals surface area contributed by atoms with Gasteiger partial charge in [0.2, 0.25) is 5.65 Å². The molecule has 0 radical (unpaired) electrons. The molecule has 184 valence electrons. The molecule has 5 rings (SSSR count). The summed E-state index contributed by atoms with van der Waals surface area (Å²) in [5, 5.41) is 21.5. The molecule has 8 nitrogen and oxygen atoms in total. The Morgan fingerprint density at radius 1 is 1.00 bits per heavy atom. The zero-order chi connectivity index (χ0) is 25.6. The number of rotatable bonds is 9. The maximum atomic E-state index is 9.29. The summed E-state index contributed by atoms with van der Waals surface area (Å²) in [6.07, 6.45) is 5.95. The van der Waals surface area contributed by atoms with Gasteiger partial charge in [-0.1, -0.05) is 56.3 Å². The summed E-state index contributed by atoms with van der Waals surface area (Å²) in [4.78, 5) is 9.01. The molecule has 5 aromatic rings. The third-order valence-corrected chi connectivity index (χ3v) is 5.97. The fraction of sp³-hybridized carbons (Fsp3) is 0.207. The Labute approximate surface area is 215 Å². The number of nitriles is 1. The van der Waals surface area contributed by atoms with Crippen LogP contribution in [-0.2, 0) is 13.0 Å². The molecule has 0 saturated carbocycles. The van der Waals surface area contributed by atoms with Gasteiger partial charge in [-0.2, -0.15) is 5.26 Å². The normalized spacial score (nSPS) is 11.0. The van der Waals surface area contributed by atoms with E-state index in [1.54, 1.807) is 12.3 Å². The molecule has 0 bridgehead atoms. The highest BCUT2D eigenvalue weighted by Crippen LogP contribution is 2.25. The topological polar surface area (TPSA) is 101 Å². The lowest BCUT2D eigenvalue weighted by Gasteiger charge is -2.12. The molecule has 0 saturated heterocycles. The minimum absolute atomic E-state index is 0.185. The van der Waals surface area contributed by atoms with Crippen molar-refractivity contribution in [2.75, 3.05) is 11.9 Å². The molecule has 2 aromatic carbocycles. The monoisotopic (exact) mass is 489 g/mol. The van der Waals surface area contributed by atoms with Crippen LogP contribution < -0.4 is 10.1 Å². The van der Waals surface area contributed by atoms with Crippen LogP contribution in [0.4, 0.5) is 5.82 Å². The summed E-state index contributed by atoms with van der Waals surface area (Å²) < 4.78 is 7.86. The van der Waals surface area contributed by atoms with Crippen LogP contribution in [-0.4, -0.2) is 31.1 Å². The van der Waals surface area contributed by atoms with Crippen LogP contribution in [0.3, 0.4) is 0 Å². The van der Waals surface area contributed by atoms with Gasteiger partial charge < -0.3 is 10.1 Å². The summed E-state index contributed by atoms with van der Waals surface area (Å²) >= 11 is 0. The molecule has 0 fully saturated rings. The van der Waals surface area contributed by atoms with E-state index in [4.69, 9.17) is 9.72 Å². The molecule has 8 heteroatoms. The van der Waals surface area contributed by atoms with Gasteiger partial charge in [0.1, 0.15) is 24.3 Å². The van der Waals surface area contributed by atoms with E-state index in [0.717, 1.165) is 29.1 Å². The first-order valence-corrected chi connectivity index (χ1v) is 12.2. The van der Waals surface area contributed by atoms with Crippen molar-refractivity contribution < 1.29 is 4.74 Å². The molecule has 3 heterocycles. The number of aromatic nitrogens is 5. The van der Waals surface area contributed by atoms with E-state index in [2.05, 4.69) is 64.7 Å². The number of pyridine rings is 1. The van der Waals surface area contributed by atoms with E-state index in [0.29, 0.717) is 35.9 Å². The number of benzene rings is 2. The molecule has 0 spiro atoms. The largest absolute Gasteiger partial charge is 0.489 e. The summed E-state index contributed by atoms with van der Waals surface area (Å²) in [5.74, 6) is 2.51. The maximum Gasteiger partial charge on any atom is 0.203 e. The van der Waals surface area contributed by atoms with Crippen molar-refractivity contribution in [2.45, 2.75) is 32.8 Å². The van der Waals surface area contributed by atoms with Crippen molar-refractivity contribution >= 4 is 11.5 Å². The molecule has 0 aliphatic heterocycles. The number of fused-ring (bicyclic) bond motifs is 1. The highest BCUT2D eigenvalue weighted by molar-refractivity contribution is 5.69. The Morgan fingerprint density at radius 2 is 1.81 bits per heavy atom. The Kier molecular flexibility index (Phi) is 7.04. The molecule has 0 unspecified atom stereocenters. The van der Waals surface area contributed by atoms with Gasteiger partial charge in [-0.25, -0.2) is 4.98 Å². The van der Waals surface area contributed by atoms with Crippen molar-refractivity contribution in [1.29, 1.82) is 5.26 Å². The van der Waals surface area contributed by atoms with Crippen LogP contribution in [0.15, 0.2) is 79.3 Å². The van der Waals surface area contributed by atoms with E-state index in [9.17, 15) is 5.26 Å². The van der Waals surface area contributed by atoms with Crippen LogP contribution in [0.25, 0.3) is 16.9 Å². The zero-order valence-electron chi connectivity index (χ0n) is 20.8. The smallest absolute Gasteiger partial charge is 0.203 e. The first-order valence-electron chi connectivity index (χ1n) is 12.2. The lowest BCUT2D eigenvalue weighted by Crippen LogP contribution is -2.09. The summed E-state index contributed by atoms with van der Waals surface area (Å²) in [7, 11) is 0. The molecule has 3 aromatic heterocycles.